The molecule has 16 heavy (non-hydrogen) atoms. The Morgan fingerprint density at radius 3 is 2.69 bits per heavy atom. The van der Waals surface area contributed by atoms with E-state index in [0.717, 1.165) is 0 Å². The molecule has 1 aromatic carbocycles. The minimum absolute atomic E-state index is 0.186. The van der Waals surface area contributed by atoms with Gasteiger partial charge >= 0.3 is 5.97 Å². The summed E-state index contributed by atoms with van der Waals surface area (Å²) in [4.78, 5) is 10.6. The maximum atomic E-state index is 10.6. The molecule has 82 valence electrons. The zero-order valence-electron chi connectivity index (χ0n) is 8.47. The molecule has 0 amide bonds. The summed E-state index contributed by atoms with van der Waals surface area (Å²) < 4.78 is 4.64. The van der Waals surface area contributed by atoms with E-state index in [2.05, 4.69) is 9.68 Å². The van der Waals surface area contributed by atoms with Crippen molar-refractivity contribution < 1.29 is 19.5 Å². The van der Waals surface area contributed by atoms with Crippen LogP contribution in [0.3, 0.4) is 0 Å². The van der Waals surface area contributed by atoms with Crippen LogP contribution in [-0.2, 0) is 0 Å². The summed E-state index contributed by atoms with van der Waals surface area (Å²) in [6, 6.07) is 6.22. The van der Waals surface area contributed by atoms with Gasteiger partial charge in [-0.3, -0.25) is 0 Å². The molecular formula is C11H9NO4. The van der Waals surface area contributed by atoms with Crippen LogP contribution in [-0.4, -0.2) is 21.3 Å². The lowest BCUT2D eigenvalue weighted by atomic mass is 10.1. The number of benzene rings is 1. The van der Waals surface area contributed by atoms with Crippen LogP contribution < -0.4 is 0 Å². The first-order chi connectivity index (χ1) is 7.58. The van der Waals surface area contributed by atoms with E-state index in [1.807, 2.05) is 0 Å². The molecule has 0 unspecified atom stereocenters. The molecule has 5 heteroatoms. The van der Waals surface area contributed by atoms with Gasteiger partial charge in [0.05, 0.1) is 0 Å². The van der Waals surface area contributed by atoms with Crippen LogP contribution in [0.5, 0.6) is 5.75 Å². The molecule has 0 radical (unpaired) electrons. The summed E-state index contributed by atoms with van der Waals surface area (Å²) in [7, 11) is 0. The zero-order chi connectivity index (χ0) is 11.7. The number of nitrogens with zero attached hydrogens (tertiary/aromatic N) is 1. The lowest BCUT2D eigenvalue weighted by Gasteiger charge is -2.00. The van der Waals surface area contributed by atoms with Crippen LogP contribution in [0, 0.1) is 6.92 Å². The predicted molar refractivity (Wildman–Crippen MR) is 55.3 cm³/mol. The summed E-state index contributed by atoms with van der Waals surface area (Å²) in [5.74, 6) is -1.18. The lowest BCUT2D eigenvalue weighted by Crippen LogP contribution is -1.91. The fraction of sp³-hybridized carbons (Fsp3) is 0.0909. The van der Waals surface area contributed by atoms with Crippen molar-refractivity contribution in [3.63, 3.8) is 0 Å². The molecule has 1 heterocycles. The predicted octanol–water partition coefficient (Wildman–Crippen LogP) is 2.05. The van der Waals surface area contributed by atoms with Crippen LogP contribution in [0.4, 0.5) is 0 Å². The molecule has 0 aliphatic heterocycles. The molecule has 1 aromatic heterocycles. The second-order valence-electron chi connectivity index (χ2n) is 3.38. The summed E-state index contributed by atoms with van der Waals surface area (Å²) >= 11 is 0. The Hall–Kier alpha value is -2.30. The number of hydrogen-bond donors (Lipinski definition) is 2. The Morgan fingerprint density at radius 2 is 2.12 bits per heavy atom. The third kappa shape index (κ3) is 1.75. The largest absolute Gasteiger partial charge is 0.508 e. The normalized spacial score (nSPS) is 10.3. The molecule has 0 atom stereocenters. The Balaban J connectivity index is 2.42. The highest BCUT2D eigenvalue weighted by atomic mass is 16.5. The van der Waals surface area contributed by atoms with Gasteiger partial charge in [-0.2, -0.15) is 0 Å². The van der Waals surface area contributed by atoms with Gasteiger partial charge in [-0.05, 0) is 30.7 Å². The van der Waals surface area contributed by atoms with Crippen LogP contribution >= 0.6 is 0 Å². The number of rotatable bonds is 2. The van der Waals surface area contributed by atoms with Crippen molar-refractivity contribution in [2.24, 2.45) is 0 Å². The number of carbonyl (C=O) groups is 1. The monoisotopic (exact) mass is 219 g/mol. The molecule has 0 saturated carbocycles. The summed E-state index contributed by atoms with van der Waals surface area (Å²) in [6.07, 6.45) is 0. The summed E-state index contributed by atoms with van der Waals surface area (Å²) in [5.41, 5.74) is 1.82. The van der Waals surface area contributed by atoms with Gasteiger partial charge in [-0.1, -0.05) is 5.16 Å². The Labute approximate surface area is 90.9 Å². The van der Waals surface area contributed by atoms with Crippen molar-refractivity contribution in [3.05, 3.63) is 35.6 Å². The number of phenolic OH excluding ortho intramolecular Hbond substituents is 1. The molecule has 2 N–H and O–H groups in total. The zero-order valence-corrected chi connectivity index (χ0v) is 8.47. The van der Waals surface area contributed by atoms with Gasteiger partial charge in [0, 0.05) is 11.6 Å². The van der Waals surface area contributed by atoms with E-state index in [0.29, 0.717) is 16.8 Å². The highest BCUT2D eigenvalue weighted by molar-refractivity contribution is 5.85. The first-order valence-electron chi connectivity index (χ1n) is 4.58. The quantitative estimate of drug-likeness (QED) is 0.807. The van der Waals surface area contributed by atoms with E-state index in [4.69, 9.17) is 5.11 Å². The van der Waals surface area contributed by atoms with E-state index in [-0.39, 0.29) is 11.5 Å². The minimum atomic E-state index is -1.16. The van der Waals surface area contributed by atoms with Crippen molar-refractivity contribution >= 4 is 5.97 Å². The number of aromatic carboxylic acids is 1. The first-order valence-corrected chi connectivity index (χ1v) is 4.58. The number of carboxylic acid groups (broad SMARTS) is 1. The summed E-state index contributed by atoms with van der Waals surface area (Å²) in [5, 5.41) is 21.7. The van der Waals surface area contributed by atoms with Crippen molar-refractivity contribution in [1.82, 2.24) is 5.16 Å². The van der Waals surface area contributed by atoms with E-state index in [1.54, 1.807) is 19.1 Å². The highest BCUT2D eigenvalue weighted by Gasteiger charge is 2.12. The Morgan fingerprint density at radius 1 is 1.38 bits per heavy atom. The van der Waals surface area contributed by atoms with Gasteiger partial charge in [0.15, 0.2) is 0 Å². The number of aromatic nitrogens is 1. The van der Waals surface area contributed by atoms with Gasteiger partial charge in [-0.15, -0.1) is 0 Å². The number of phenols is 1. The number of aromatic hydroxyl groups is 1. The smallest absolute Gasteiger partial charge is 0.374 e. The van der Waals surface area contributed by atoms with E-state index in [1.165, 1.54) is 12.1 Å². The third-order valence-corrected chi connectivity index (χ3v) is 2.21. The molecule has 0 spiro atoms. The van der Waals surface area contributed by atoms with Crippen molar-refractivity contribution in [1.29, 1.82) is 0 Å². The highest BCUT2D eigenvalue weighted by Crippen LogP contribution is 2.24. The fourth-order valence-electron chi connectivity index (χ4n) is 1.33. The first kappa shape index (κ1) is 10.2. The number of carboxylic acids is 1. The molecule has 0 saturated heterocycles. The van der Waals surface area contributed by atoms with E-state index in [9.17, 15) is 9.90 Å². The van der Waals surface area contributed by atoms with Crippen LogP contribution in [0.2, 0.25) is 0 Å². The second kappa shape index (κ2) is 3.69. The average molecular weight is 219 g/mol. The maximum Gasteiger partial charge on any atom is 0.374 e. The van der Waals surface area contributed by atoms with Gasteiger partial charge in [0.1, 0.15) is 11.4 Å². The number of aryl methyl sites for hydroxylation is 1. The Kier molecular flexibility index (Phi) is 2.36. The topological polar surface area (TPSA) is 83.6 Å². The van der Waals surface area contributed by atoms with E-state index < -0.39 is 5.97 Å². The van der Waals surface area contributed by atoms with Gasteiger partial charge in [-0.25, -0.2) is 4.79 Å². The standard InChI is InChI=1S/C11H9NO4/c1-6-4-7(2-3-9(6)13)8-5-10(11(14)15)16-12-8/h2-5,13H,1H3,(H,14,15). The molecule has 0 fully saturated rings. The van der Waals surface area contributed by atoms with Crippen LogP contribution in [0.15, 0.2) is 28.8 Å². The fourth-order valence-corrected chi connectivity index (χ4v) is 1.33. The average Bonchev–Trinajstić information content (AvgIpc) is 2.71. The maximum absolute atomic E-state index is 10.6. The molecule has 0 aliphatic rings. The lowest BCUT2D eigenvalue weighted by molar-refractivity contribution is 0.0652. The van der Waals surface area contributed by atoms with Crippen molar-refractivity contribution in [2.45, 2.75) is 6.92 Å². The Bertz CT molecular complexity index is 545. The van der Waals surface area contributed by atoms with Crippen LogP contribution in [0.25, 0.3) is 11.3 Å². The molecule has 0 aliphatic carbocycles. The van der Waals surface area contributed by atoms with Crippen molar-refractivity contribution in [3.8, 4) is 17.0 Å². The minimum Gasteiger partial charge on any atom is -0.508 e. The van der Waals surface area contributed by atoms with Gasteiger partial charge in [0.2, 0.25) is 5.76 Å². The third-order valence-electron chi connectivity index (χ3n) is 2.21. The number of hydrogen-bond acceptors (Lipinski definition) is 4. The summed E-state index contributed by atoms with van der Waals surface area (Å²) in [6.45, 7) is 1.75. The SMILES string of the molecule is Cc1cc(-c2cc(C(=O)O)on2)ccc1O. The van der Waals surface area contributed by atoms with Gasteiger partial charge in [0.25, 0.3) is 0 Å². The van der Waals surface area contributed by atoms with Crippen molar-refractivity contribution in [2.75, 3.05) is 0 Å². The molecular weight excluding hydrogens is 210 g/mol. The van der Waals surface area contributed by atoms with Crippen LogP contribution in [0.1, 0.15) is 16.1 Å². The molecule has 5 nitrogen and oxygen atoms in total. The van der Waals surface area contributed by atoms with E-state index >= 15 is 0 Å². The molecule has 2 aromatic rings. The molecule has 2 rings (SSSR count). The molecule has 0 bridgehead atoms. The van der Waals surface area contributed by atoms with Gasteiger partial charge < -0.3 is 14.7 Å². The second-order valence-corrected chi connectivity index (χ2v) is 3.38.